The molecule has 1 aromatic carbocycles. The number of esters is 1. The van der Waals surface area contributed by atoms with Crippen LogP contribution in [-0.4, -0.2) is 11.6 Å². The van der Waals surface area contributed by atoms with Crippen molar-refractivity contribution in [2.75, 3.05) is 0 Å². The molecule has 1 aliphatic rings. The van der Waals surface area contributed by atoms with Gasteiger partial charge in [-0.2, -0.15) is 0 Å². The molecular weight excluding hydrogens is 408 g/mol. The molecule has 2 unspecified atom stereocenters. The molecule has 0 saturated carbocycles. The number of fused-ring (bicyclic) bond motifs is 1. The zero-order chi connectivity index (χ0) is 24.6. The van der Waals surface area contributed by atoms with Gasteiger partial charge in [0.25, 0.3) is 0 Å². The maximum absolute atomic E-state index is 11.4. The summed E-state index contributed by atoms with van der Waals surface area (Å²) < 4.78 is 12.0. The van der Waals surface area contributed by atoms with Crippen LogP contribution in [-0.2, 0) is 11.2 Å². The van der Waals surface area contributed by atoms with Crippen LogP contribution < -0.4 is 9.47 Å². The van der Waals surface area contributed by atoms with E-state index >= 15 is 0 Å². The molecule has 0 aliphatic carbocycles. The molecule has 0 saturated heterocycles. The third kappa shape index (κ3) is 8.98. The van der Waals surface area contributed by atoms with E-state index in [1.165, 1.54) is 63.9 Å². The average molecular weight is 459 g/mol. The van der Waals surface area contributed by atoms with E-state index in [-0.39, 0.29) is 11.6 Å². The first-order valence-electron chi connectivity index (χ1n) is 13.5. The molecule has 0 bridgehead atoms. The molecular formula is C30H50O3. The van der Waals surface area contributed by atoms with Crippen molar-refractivity contribution in [1.29, 1.82) is 0 Å². The van der Waals surface area contributed by atoms with Crippen LogP contribution in [0.2, 0.25) is 0 Å². The molecule has 1 heterocycles. The van der Waals surface area contributed by atoms with Gasteiger partial charge in [-0.3, -0.25) is 4.79 Å². The number of rotatable bonds is 13. The Balaban J connectivity index is 1.77. The topological polar surface area (TPSA) is 35.5 Å². The fraction of sp³-hybridized carbons (Fsp3) is 0.767. The van der Waals surface area contributed by atoms with Crippen LogP contribution in [0.1, 0.15) is 122 Å². The Morgan fingerprint density at radius 2 is 1.55 bits per heavy atom. The molecule has 3 heteroatoms. The van der Waals surface area contributed by atoms with Crippen LogP contribution in [0.25, 0.3) is 0 Å². The Morgan fingerprint density at radius 3 is 2.12 bits per heavy atom. The van der Waals surface area contributed by atoms with Crippen LogP contribution in [0.3, 0.4) is 0 Å². The van der Waals surface area contributed by atoms with Crippen molar-refractivity contribution in [3.05, 3.63) is 22.8 Å². The van der Waals surface area contributed by atoms with E-state index in [1.54, 1.807) is 0 Å². The third-order valence-corrected chi connectivity index (χ3v) is 7.67. The van der Waals surface area contributed by atoms with E-state index in [4.69, 9.17) is 9.47 Å². The minimum atomic E-state index is -0.270. The van der Waals surface area contributed by atoms with Crippen molar-refractivity contribution in [3.8, 4) is 11.5 Å². The largest absolute Gasteiger partial charge is 0.487 e. The van der Waals surface area contributed by atoms with Crippen LogP contribution >= 0.6 is 0 Å². The summed E-state index contributed by atoms with van der Waals surface area (Å²) in [4.78, 5) is 11.4. The molecule has 0 aromatic heterocycles. The molecule has 0 N–H and O–H groups in total. The van der Waals surface area contributed by atoms with Crippen molar-refractivity contribution in [1.82, 2.24) is 0 Å². The van der Waals surface area contributed by atoms with Crippen molar-refractivity contribution < 1.29 is 14.3 Å². The molecule has 3 nitrogen and oxygen atoms in total. The quantitative estimate of drug-likeness (QED) is 0.219. The molecule has 2 rings (SSSR count). The molecule has 3 atom stereocenters. The third-order valence-electron chi connectivity index (χ3n) is 7.67. The number of ether oxygens (including phenoxy) is 2. The lowest BCUT2D eigenvalue weighted by atomic mass is 9.85. The number of carbonyl (C=O) groups is 1. The number of benzene rings is 1. The highest BCUT2D eigenvalue weighted by Crippen LogP contribution is 2.42. The lowest BCUT2D eigenvalue weighted by molar-refractivity contribution is -0.131. The second-order valence-corrected chi connectivity index (χ2v) is 11.6. The summed E-state index contributed by atoms with van der Waals surface area (Å²) in [6, 6.07) is 2.00. The summed E-state index contributed by atoms with van der Waals surface area (Å²) in [5.74, 6) is 3.92. The van der Waals surface area contributed by atoms with E-state index in [0.717, 1.165) is 53.9 Å². The molecule has 1 aromatic rings. The van der Waals surface area contributed by atoms with Gasteiger partial charge >= 0.3 is 5.97 Å². The highest BCUT2D eigenvalue weighted by atomic mass is 16.5. The van der Waals surface area contributed by atoms with Gasteiger partial charge in [-0.1, -0.05) is 72.6 Å². The summed E-state index contributed by atoms with van der Waals surface area (Å²) in [5, 5.41) is 0. The number of hydrogen-bond acceptors (Lipinski definition) is 3. The number of hydrogen-bond donors (Lipinski definition) is 0. The van der Waals surface area contributed by atoms with Crippen molar-refractivity contribution in [2.45, 2.75) is 132 Å². The van der Waals surface area contributed by atoms with E-state index in [0.29, 0.717) is 5.75 Å². The maximum atomic E-state index is 11.4. The second kappa shape index (κ2) is 12.8. The van der Waals surface area contributed by atoms with Gasteiger partial charge in [0.2, 0.25) is 0 Å². The summed E-state index contributed by atoms with van der Waals surface area (Å²) >= 11 is 0. The van der Waals surface area contributed by atoms with E-state index in [9.17, 15) is 4.79 Å². The normalized spacial score (nSPS) is 19.7. The van der Waals surface area contributed by atoms with E-state index in [2.05, 4.69) is 41.5 Å². The summed E-state index contributed by atoms with van der Waals surface area (Å²) in [5.41, 5.74) is 3.17. The van der Waals surface area contributed by atoms with Crippen LogP contribution in [0.15, 0.2) is 6.07 Å². The zero-order valence-electron chi connectivity index (χ0n) is 22.8. The molecule has 0 radical (unpaired) electrons. The van der Waals surface area contributed by atoms with Gasteiger partial charge in [-0.05, 0) is 87.0 Å². The van der Waals surface area contributed by atoms with Gasteiger partial charge in [0.05, 0.1) is 0 Å². The zero-order valence-corrected chi connectivity index (χ0v) is 22.8. The molecule has 1 aliphatic heterocycles. The minimum Gasteiger partial charge on any atom is -0.487 e. The Hall–Kier alpha value is -1.51. The van der Waals surface area contributed by atoms with Crippen molar-refractivity contribution in [2.24, 2.45) is 17.8 Å². The SMILES string of the molecule is CC(=O)Oc1cc2c(c(C)c1C)O[C@](C)(CCCC(C)CCCC(C)CCCC(C)C)CC2. The highest BCUT2D eigenvalue weighted by Gasteiger charge is 2.33. The Bertz CT molecular complexity index is 766. The smallest absolute Gasteiger partial charge is 0.308 e. The van der Waals surface area contributed by atoms with Gasteiger partial charge in [0.1, 0.15) is 17.1 Å². The first-order valence-corrected chi connectivity index (χ1v) is 13.5. The fourth-order valence-corrected chi connectivity index (χ4v) is 5.19. The highest BCUT2D eigenvalue weighted by molar-refractivity contribution is 5.70. The standard InChI is InChI=1S/C30H50O3/c1-21(2)12-9-13-22(3)14-10-15-23(4)16-11-18-30(8)19-17-27-20-28(32-26(7)31)24(5)25(6)29(27)33-30/h20-23H,9-19H2,1-8H3/t22?,23?,30-/m1/s1. The Labute approximate surface area is 204 Å². The lowest BCUT2D eigenvalue weighted by Crippen LogP contribution is -2.36. The summed E-state index contributed by atoms with van der Waals surface area (Å²) in [6.45, 7) is 17.3. The first-order chi connectivity index (χ1) is 15.5. The van der Waals surface area contributed by atoms with Crippen LogP contribution in [0.5, 0.6) is 11.5 Å². The maximum Gasteiger partial charge on any atom is 0.308 e. The number of carbonyl (C=O) groups excluding carboxylic acids is 1. The Kier molecular flexibility index (Phi) is 10.8. The number of aryl methyl sites for hydroxylation is 1. The van der Waals surface area contributed by atoms with Crippen molar-refractivity contribution >= 4 is 5.97 Å². The molecule has 0 spiro atoms. The molecule has 188 valence electrons. The van der Waals surface area contributed by atoms with Crippen LogP contribution in [0.4, 0.5) is 0 Å². The summed E-state index contributed by atoms with van der Waals surface area (Å²) in [7, 11) is 0. The Morgan fingerprint density at radius 1 is 0.970 bits per heavy atom. The predicted octanol–water partition coefficient (Wildman–Crippen LogP) is 8.75. The predicted molar refractivity (Wildman–Crippen MR) is 139 cm³/mol. The molecule has 0 amide bonds. The monoisotopic (exact) mass is 458 g/mol. The van der Waals surface area contributed by atoms with Gasteiger partial charge in [-0.15, -0.1) is 0 Å². The average Bonchev–Trinajstić information content (AvgIpc) is 2.72. The molecule has 33 heavy (non-hydrogen) atoms. The van der Waals surface area contributed by atoms with Crippen molar-refractivity contribution in [3.63, 3.8) is 0 Å². The molecule has 0 fully saturated rings. The fourth-order valence-electron chi connectivity index (χ4n) is 5.19. The van der Waals surface area contributed by atoms with Gasteiger partial charge in [-0.25, -0.2) is 0 Å². The second-order valence-electron chi connectivity index (χ2n) is 11.6. The van der Waals surface area contributed by atoms with E-state index in [1.807, 2.05) is 13.0 Å². The minimum absolute atomic E-state index is 0.0994. The lowest BCUT2D eigenvalue weighted by Gasteiger charge is -2.37. The van der Waals surface area contributed by atoms with Gasteiger partial charge in [0.15, 0.2) is 0 Å². The van der Waals surface area contributed by atoms with Crippen LogP contribution in [0, 0.1) is 31.6 Å². The van der Waals surface area contributed by atoms with E-state index < -0.39 is 0 Å². The van der Waals surface area contributed by atoms with Gasteiger partial charge in [0, 0.05) is 6.92 Å². The van der Waals surface area contributed by atoms with Gasteiger partial charge < -0.3 is 9.47 Å². The summed E-state index contributed by atoms with van der Waals surface area (Å²) in [6.07, 6.45) is 13.9. The first kappa shape index (κ1) is 27.7.